The molecule has 0 amide bonds. The smallest absolute Gasteiger partial charge is 0.306 e. The number of Topliss-reactive ketones (excluding diaryl/α,β-unsaturated/α-hetero) is 1. The fourth-order valence-electron chi connectivity index (χ4n) is 1.83. The minimum Gasteiger partial charge on any atom is -0.550 e. The molecule has 6 nitrogen and oxygen atoms in total. The third-order valence-electron chi connectivity index (χ3n) is 2.58. The Morgan fingerprint density at radius 1 is 1.10 bits per heavy atom. The first-order valence-electron chi connectivity index (χ1n) is 6.85. The van der Waals surface area contributed by atoms with Crippen LogP contribution >= 0.6 is 0 Å². The molecule has 0 saturated heterocycles. The van der Waals surface area contributed by atoms with Gasteiger partial charge >= 0.3 is 5.97 Å². The zero-order valence-electron chi connectivity index (χ0n) is 12.8. The first-order valence-corrected chi connectivity index (χ1v) is 6.85. The number of rotatable bonds is 10. The molecule has 0 radical (unpaired) electrons. The molecule has 0 rings (SSSR count). The first kappa shape index (κ1) is 18.6. The molecule has 0 fully saturated rings. The number of esters is 1. The summed E-state index contributed by atoms with van der Waals surface area (Å²) in [5, 5.41) is 10.7. The molecule has 1 atom stereocenters. The quantitative estimate of drug-likeness (QED) is 0.413. The molecule has 0 aliphatic rings. The van der Waals surface area contributed by atoms with Gasteiger partial charge in [-0.25, -0.2) is 0 Å². The molecule has 0 heterocycles. The van der Waals surface area contributed by atoms with Crippen molar-refractivity contribution < 1.29 is 28.7 Å². The molecule has 0 N–H and O–H groups in total. The predicted octanol–water partition coefficient (Wildman–Crippen LogP) is -0.106. The van der Waals surface area contributed by atoms with E-state index < -0.39 is 18.0 Å². The molecule has 0 spiro atoms. The summed E-state index contributed by atoms with van der Waals surface area (Å²) >= 11 is 0. The van der Waals surface area contributed by atoms with Crippen LogP contribution in [0.25, 0.3) is 0 Å². The minimum absolute atomic E-state index is 0.000472. The summed E-state index contributed by atoms with van der Waals surface area (Å²) in [6, 6.07) is 0. The fraction of sp³-hybridized carbons (Fsp3) is 0.786. The number of nitrogens with zero attached hydrogens (tertiary/aromatic N) is 1. The van der Waals surface area contributed by atoms with Crippen LogP contribution in [0.1, 0.15) is 39.0 Å². The second-order valence-corrected chi connectivity index (χ2v) is 5.95. The molecule has 0 aliphatic carbocycles. The summed E-state index contributed by atoms with van der Waals surface area (Å²) in [5.41, 5.74) is 0. The van der Waals surface area contributed by atoms with Gasteiger partial charge in [-0.15, -0.1) is 0 Å². The highest BCUT2D eigenvalue weighted by molar-refractivity contribution is 5.82. The molecule has 0 saturated carbocycles. The molecular formula is C14H25NO5. The van der Waals surface area contributed by atoms with Crippen molar-refractivity contribution in [3.63, 3.8) is 0 Å². The van der Waals surface area contributed by atoms with Crippen molar-refractivity contribution in [3.8, 4) is 0 Å². The number of ether oxygens (including phenoxy) is 1. The Labute approximate surface area is 120 Å². The maximum atomic E-state index is 11.6. The number of quaternary nitrogens is 1. The maximum absolute atomic E-state index is 11.6. The molecule has 0 aromatic carbocycles. The average molecular weight is 287 g/mol. The van der Waals surface area contributed by atoms with Gasteiger partial charge in [-0.2, -0.15) is 0 Å². The number of likely N-dealkylation sites (N-methyl/N-ethyl adjacent to an activating group) is 1. The largest absolute Gasteiger partial charge is 0.550 e. The SMILES string of the molecule is CCCC(=O)CCC(=O)OC(CC(=O)[O-])C[N+](C)(C)C. The molecule has 20 heavy (non-hydrogen) atoms. The van der Waals surface area contributed by atoms with E-state index in [-0.39, 0.29) is 25.0 Å². The van der Waals surface area contributed by atoms with E-state index >= 15 is 0 Å². The summed E-state index contributed by atoms with van der Waals surface area (Å²) in [5.74, 6) is -1.76. The van der Waals surface area contributed by atoms with Crippen LogP contribution in [0.4, 0.5) is 0 Å². The fourth-order valence-corrected chi connectivity index (χ4v) is 1.83. The number of ketones is 1. The summed E-state index contributed by atoms with van der Waals surface area (Å²) in [6.45, 7) is 2.27. The minimum atomic E-state index is -1.25. The van der Waals surface area contributed by atoms with E-state index in [0.29, 0.717) is 17.4 Å². The third kappa shape index (κ3) is 10.5. The molecule has 1 unspecified atom stereocenters. The maximum Gasteiger partial charge on any atom is 0.306 e. The van der Waals surface area contributed by atoms with Gasteiger partial charge in [0.15, 0.2) is 6.10 Å². The highest BCUT2D eigenvalue weighted by Gasteiger charge is 2.22. The first-order chi connectivity index (χ1) is 9.14. The molecule has 0 aromatic heterocycles. The molecule has 116 valence electrons. The number of hydrogen-bond donors (Lipinski definition) is 0. The lowest BCUT2D eigenvalue weighted by Gasteiger charge is -2.29. The lowest BCUT2D eigenvalue weighted by molar-refractivity contribution is -0.873. The van der Waals surface area contributed by atoms with Crippen molar-refractivity contribution in [1.82, 2.24) is 0 Å². The van der Waals surface area contributed by atoms with E-state index in [1.165, 1.54) is 0 Å². The van der Waals surface area contributed by atoms with Gasteiger partial charge in [0.25, 0.3) is 0 Å². The summed E-state index contributed by atoms with van der Waals surface area (Å²) in [4.78, 5) is 33.6. The van der Waals surface area contributed by atoms with Crippen LogP contribution in [0, 0.1) is 0 Å². The Morgan fingerprint density at radius 2 is 1.70 bits per heavy atom. The van der Waals surface area contributed by atoms with Crippen LogP contribution < -0.4 is 5.11 Å². The topological polar surface area (TPSA) is 83.5 Å². The molecular weight excluding hydrogens is 262 g/mol. The third-order valence-corrected chi connectivity index (χ3v) is 2.58. The molecule has 0 aromatic rings. The lowest BCUT2D eigenvalue weighted by Crippen LogP contribution is -2.45. The van der Waals surface area contributed by atoms with Crippen molar-refractivity contribution in [2.75, 3.05) is 27.7 Å². The normalized spacial score (nSPS) is 12.8. The summed E-state index contributed by atoms with van der Waals surface area (Å²) < 4.78 is 5.61. The van der Waals surface area contributed by atoms with Gasteiger partial charge in [-0.05, 0) is 6.42 Å². The van der Waals surface area contributed by atoms with Crippen LogP contribution in [-0.2, 0) is 19.1 Å². The van der Waals surface area contributed by atoms with E-state index in [9.17, 15) is 19.5 Å². The van der Waals surface area contributed by atoms with Crippen LogP contribution in [0.2, 0.25) is 0 Å². The summed E-state index contributed by atoms with van der Waals surface area (Å²) in [7, 11) is 5.63. The van der Waals surface area contributed by atoms with Crippen LogP contribution in [0.15, 0.2) is 0 Å². The van der Waals surface area contributed by atoms with Crippen LogP contribution in [-0.4, -0.2) is 56.0 Å². The van der Waals surface area contributed by atoms with Crippen LogP contribution in [0.3, 0.4) is 0 Å². The van der Waals surface area contributed by atoms with Crippen molar-refractivity contribution in [2.45, 2.75) is 45.1 Å². The van der Waals surface area contributed by atoms with Gasteiger partial charge in [-0.3, -0.25) is 9.59 Å². The second kappa shape index (κ2) is 8.68. The van der Waals surface area contributed by atoms with Gasteiger partial charge < -0.3 is 19.1 Å². The van der Waals surface area contributed by atoms with Crippen LogP contribution in [0.5, 0.6) is 0 Å². The standard InChI is InChI=1S/C14H25NO5/c1-5-6-11(16)7-8-14(19)20-12(9-13(17)18)10-15(2,3)4/h12H,5-10H2,1-4H3. The van der Waals surface area contributed by atoms with Gasteiger partial charge in [0.1, 0.15) is 12.3 Å². The van der Waals surface area contributed by atoms with Crippen molar-refractivity contribution in [2.24, 2.45) is 0 Å². The molecule has 6 heteroatoms. The van der Waals surface area contributed by atoms with Crippen molar-refractivity contribution in [1.29, 1.82) is 0 Å². The number of aliphatic carboxylic acids is 1. The highest BCUT2D eigenvalue weighted by Crippen LogP contribution is 2.07. The Balaban J connectivity index is 4.31. The summed E-state index contributed by atoms with van der Waals surface area (Å²) in [6.07, 6.45) is 0.296. The van der Waals surface area contributed by atoms with Gasteiger partial charge in [0.05, 0.1) is 27.6 Å². The Morgan fingerprint density at radius 3 is 2.15 bits per heavy atom. The van der Waals surface area contributed by atoms with E-state index in [1.807, 2.05) is 28.1 Å². The molecule has 0 bridgehead atoms. The number of hydrogen-bond acceptors (Lipinski definition) is 5. The average Bonchev–Trinajstić information content (AvgIpc) is 2.23. The van der Waals surface area contributed by atoms with Gasteiger partial charge in [0.2, 0.25) is 0 Å². The second-order valence-electron chi connectivity index (χ2n) is 5.95. The number of carboxylic acids is 1. The number of carbonyl (C=O) groups excluding carboxylic acids is 3. The predicted molar refractivity (Wildman–Crippen MR) is 71.6 cm³/mol. The highest BCUT2D eigenvalue weighted by atomic mass is 16.5. The van der Waals surface area contributed by atoms with E-state index in [2.05, 4.69) is 0 Å². The molecule has 0 aliphatic heterocycles. The van der Waals surface area contributed by atoms with Crippen molar-refractivity contribution >= 4 is 17.7 Å². The zero-order valence-corrected chi connectivity index (χ0v) is 12.8. The van der Waals surface area contributed by atoms with E-state index in [4.69, 9.17) is 4.74 Å². The monoisotopic (exact) mass is 287 g/mol. The Kier molecular flexibility index (Phi) is 8.06. The number of carboxylic acid groups (broad SMARTS) is 1. The van der Waals surface area contributed by atoms with Gasteiger partial charge in [0, 0.05) is 25.2 Å². The zero-order chi connectivity index (χ0) is 15.8. The number of carbonyl (C=O) groups is 3. The van der Waals surface area contributed by atoms with E-state index in [0.717, 1.165) is 6.42 Å². The lowest BCUT2D eigenvalue weighted by atomic mass is 10.1. The van der Waals surface area contributed by atoms with E-state index in [1.54, 1.807) is 0 Å². The Hall–Kier alpha value is -1.43. The van der Waals surface area contributed by atoms with Crippen molar-refractivity contribution in [3.05, 3.63) is 0 Å². The Bertz CT molecular complexity index is 346. The van der Waals surface area contributed by atoms with Gasteiger partial charge in [-0.1, -0.05) is 6.92 Å².